The van der Waals surface area contributed by atoms with Gasteiger partial charge in [0, 0.05) is 5.56 Å². The molecule has 0 unspecified atom stereocenters. The minimum Gasteiger partial charge on any atom is -0.338 e. The van der Waals surface area contributed by atoms with Crippen LogP contribution >= 0.6 is 0 Å². The summed E-state index contributed by atoms with van der Waals surface area (Å²) in [7, 11) is 0. The Kier molecular flexibility index (Phi) is 2.50. The number of benzene rings is 2. The number of fused-ring (bicyclic) bond motifs is 1. The highest BCUT2D eigenvalue weighted by Gasteiger charge is 2.08. The molecule has 0 N–H and O–H groups in total. The van der Waals surface area contributed by atoms with E-state index in [2.05, 4.69) is 16.2 Å². The Morgan fingerprint density at radius 1 is 1.11 bits per heavy atom. The Morgan fingerprint density at radius 2 is 1.94 bits per heavy atom. The van der Waals surface area contributed by atoms with Crippen LogP contribution in [0.25, 0.3) is 22.2 Å². The van der Waals surface area contributed by atoms with E-state index in [0.29, 0.717) is 11.7 Å². The molecule has 0 aliphatic carbocycles. The van der Waals surface area contributed by atoms with E-state index >= 15 is 0 Å². The first-order chi connectivity index (χ1) is 8.86. The molecule has 0 saturated carbocycles. The number of hydrogen-bond donors (Lipinski definition) is 0. The lowest BCUT2D eigenvalue weighted by Crippen LogP contribution is -1.83. The summed E-state index contributed by atoms with van der Waals surface area (Å²) in [5.74, 6) is 0.867. The summed E-state index contributed by atoms with van der Waals surface area (Å²) in [6.07, 6.45) is 0.139. The molecule has 1 aromatic heterocycles. The average Bonchev–Trinajstić information content (AvgIpc) is 2.87. The molecule has 18 heavy (non-hydrogen) atoms. The number of aromatic nitrogens is 2. The summed E-state index contributed by atoms with van der Waals surface area (Å²) < 4.78 is 4.99. The first kappa shape index (κ1) is 10.5. The highest BCUT2D eigenvalue weighted by atomic mass is 16.5. The summed E-state index contributed by atoms with van der Waals surface area (Å²) in [6, 6.07) is 16.0. The SMILES string of the molecule is N#CCc1nc(-c2ccc3ccccc3c2)no1. The van der Waals surface area contributed by atoms with E-state index in [4.69, 9.17) is 9.78 Å². The van der Waals surface area contributed by atoms with E-state index in [1.165, 1.54) is 5.39 Å². The van der Waals surface area contributed by atoms with E-state index < -0.39 is 0 Å². The zero-order chi connectivity index (χ0) is 12.4. The van der Waals surface area contributed by atoms with E-state index in [-0.39, 0.29) is 6.42 Å². The number of hydrogen-bond acceptors (Lipinski definition) is 4. The van der Waals surface area contributed by atoms with Crippen LogP contribution < -0.4 is 0 Å². The molecule has 0 bridgehead atoms. The molecule has 4 heteroatoms. The molecule has 0 spiro atoms. The third-order valence-corrected chi connectivity index (χ3v) is 2.71. The van der Waals surface area contributed by atoms with Gasteiger partial charge in [0.1, 0.15) is 6.42 Å². The normalized spacial score (nSPS) is 10.4. The lowest BCUT2D eigenvalue weighted by molar-refractivity contribution is 0.388. The molecule has 4 nitrogen and oxygen atoms in total. The van der Waals surface area contributed by atoms with Crippen LogP contribution in [0.5, 0.6) is 0 Å². The first-order valence-corrected chi connectivity index (χ1v) is 5.55. The van der Waals surface area contributed by atoms with Crippen LogP contribution in [-0.2, 0) is 6.42 Å². The average molecular weight is 235 g/mol. The van der Waals surface area contributed by atoms with Crippen LogP contribution in [-0.4, -0.2) is 10.1 Å². The fourth-order valence-electron chi connectivity index (χ4n) is 1.84. The highest BCUT2D eigenvalue weighted by molar-refractivity contribution is 5.86. The topological polar surface area (TPSA) is 62.7 Å². The van der Waals surface area contributed by atoms with Crippen molar-refractivity contribution in [2.24, 2.45) is 0 Å². The quantitative estimate of drug-likeness (QED) is 0.685. The van der Waals surface area contributed by atoms with Gasteiger partial charge in [-0.25, -0.2) is 0 Å². The van der Waals surface area contributed by atoms with Crippen molar-refractivity contribution in [2.75, 3.05) is 0 Å². The lowest BCUT2D eigenvalue weighted by Gasteiger charge is -1.98. The predicted octanol–water partition coefficient (Wildman–Crippen LogP) is 2.96. The van der Waals surface area contributed by atoms with E-state index in [0.717, 1.165) is 10.9 Å². The fourth-order valence-corrected chi connectivity index (χ4v) is 1.84. The first-order valence-electron chi connectivity index (χ1n) is 5.55. The van der Waals surface area contributed by atoms with Gasteiger partial charge in [0.15, 0.2) is 0 Å². The Morgan fingerprint density at radius 3 is 2.78 bits per heavy atom. The van der Waals surface area contributed by atoms with Crippen LogP contribution in [0.2, 0.25) is 0 Å². The van der Waals surface area contributed by atoms with Gasteiger partial charge >= 0.3 is 0 Å². The maximum atomic E-state index is 8.56. The van der Waals surface area contributed by atoms with Crippen molar-refractivity contribution in [1.82, 2.24) is 10.1 Å². The molecule has 0 fully saturated rings. The maximum absolute atomic E-state index is 8.56. The van der Waals surface area contributed by atoms with Crippen LogP contribution in [0.4, 0.5) is 0 Å². The Labute approximate surface area is 103 Å². The molecule has 0 radical (unpaired) electrons. The molecule has 0 amide bonds. The van der Waals surface area contributed by atoms with Gasteiger partial charge in [0.25, 0.3) is 0 Å². The zero-order valence-electron chi connectivity index (χ0n) is 9.50. The highest BCUT2D eigenvalue weighted by Crippen LogP contribution is 2.22. The van der Waals surface area contributed by atoms with Crippen molar-refractivity contribution >= 4 is 10.8 Å². The van der Waals surface area contributed by atoms with Gasteiger partial charge < -0.3 is 4.52 Å². The van der Waals surface area contributed by atoms with E-state index in [9.17, 15) is 0 Å². The van der Waals surface area contributed by atoms with Crippen LogP contribution in [0.3, 0.4) is 0 Å². The maximum Gasteiger partial charge on any atom is 0.241 e. The summed E-state index contributed by atoms with van der Waals surface area (Å²) in [5.41, 5.74) is 0.890. The summed E-state index contributed by atoms with van der Waals surface area (Å²) in [6.45, 7) is 0. The van der Waals surface area contributed by atoms with Crippen molar-refractivity contribution < 1.29 is 4.52 Å². The smallest absolute Gasteiger partial charge is 0.241 e. The predicted molar refractivity (Wildman–Crippen MR) is 66.6 cm³/mol. The minimum absolute atomic E-state index is 0.139. The van der Waals surface area contributed by atoms with Crippen molar-refractivity contribution in [1.29, 1.82) is 5.26 Å². The van der Waals surface area contributed by atoms with Gasteiger partial charge in [-0.1, -0.05) is 41.6 Å². The molecule has 0 atom stereocenters. The molecular weight excluding hydrogens is 226 g/mol. The second-order valence-corrected chi connectivity index (χ2v) is 3.91. The van der Waals surface area contributed by atoms with Crippen LogP contribution in [0, 0.1) is 11.3 Å². The third kappa shape index (κ3) is 1.82. The van der Waals surface area contributed by atoms with Gasteiger partial charge in [0.2, 0.25) is 11.7 Å². The molecule has 3 aromatic rings. The summed E-state index contributed by atoms with van der Waals surface area (Å²) >= 11 is 0. The second kappa shape index (κ2) is 4.30. The fraction of sp³-hybridized carbons (Fsp3) is 0.0714. The van der Waals surface area contributed by atoms with Gasteiger partial charge in [-0.2, -0.15) is 10.2 Å². The Hall–Kier alpha value is -2.67. The molecule has 0 saturated heterocycles. The standard InChI is InChI=1S/C14H9N3O/c15-8-7-13-16-14(17-18-13)12-6-5-10-3-1-2-4-11(10)9-12/h1-6,9H,7H2. The van der Waals surface area contributed by atoms with Crippen molar-refractivity contribution in [2.45, 2.75) is 6.42 Å². The number of nitriles is 1. The minimum atomic E-state index is 0.139. The molecule has 2 aromatic carbocycles. The Bertz CT molecular complexity index is 740. The monoisotopic (exact) mass is 235 g/mol. The lowest BCUT2D eigenvalue weighted by atomic mass is 10.1. The van der Waals surface area contributed by atoms with Crippen molar-refractivity contribution in [3.8, 4) is 17.5 Å². The molecular formula is C14H9N3O. The molecule has 3 rings (SSSR count). The van der Waals surface area contributed by atoms with Gasteiger partial charge in [0.05, 0.1) is 6.07 Å². The van der Waals surface area contributed by atoms with Crippen LogP contribution in [0.15, 0.2) is 47.0 Å². The molecule has 86 valence electrons. The second-order valence-electron chi connectivity index (χ2n) is 3.91. The van der Waals surface area contributed by atoms with Gasteiger partial charge in [-0.05, 0) is 16.8 Å². The van der Waals surface area contributed by atoms with Crippen molar-refractivity contribution in [3.05, 3.63) is 48.4 Å². The molecule has 0 aliphatic heterocycles. The molecule has 0 aliphatic rings. The summed E-state index contributed by atoms with van der Waals surface area (Å²) in [4.78, 5) is 4.18. The van der Waals surface area contributed by atoms with Crippen LogP contribution in [0.1, 0.15) is 5.89 Å². The number of nitrogens with zero attached hydrogens (tertiary/aromatic N) is 3. The van der Waals surface area contributed by atoms with E-state index in [1.807, 2.05) is 42.5 Å². The van der Waals surface area contributed by atoms with Gasteiger partial charge in [-0.3, -0.25) is 0 Å². The van der Waals surface area contributed by atoms with Gasteiger partial charge in [-0.15, -0.1) is 0 Å². The summed E-state index contributed by atoms with van der Waals surface area (Å²) in [5, 5.41) is 14.7. The van der Waals surface area contributed by atoms with Crippen molar-refractivity contribution in [3.63, 3.8) is 0 Å². The number of rotatable bonds is 2. The van der Waals surface area contributed by atoms with E-state index in [1.54, 1.807) is 0 Å². The Balaban J connectivity index is 2.05. The molecule has 1 heterocycles. The third-order valence-electron chi connectivity index (χ3n) is 2.71. The largest absolute Gasteiger partial charge is 0.338 e. The zero-order valence-corrected chi connectivity index (χ0v) is 9.50.